The molecule has 0 saturated carbocycles. The molecule has 0 aliphatic carbocycles. The number of nitrogens with one attached hydrogen (secondary N) is 1. The van der Waals surface area contributed by atoms with Crippen LogP contribution in [0.15, 0.2) is 24.3 Å². The first kappa shape index (κ1) is 21.1. The van der Waals surface area contributed by atoms with E-state index in [0.29, 0.717) is 44.5 Å². The number of amides is 3. The molecule has 0 bridgehead atoms. The zero-order valence-corrected chi connectivity index (χ0v) is 17.2. The molecule has 1 aliphatic rings. The van der Waals surface area contributed by atoms with Crippen LogP contribution in [0.1, 0.15) is 41.0 Å². The van der Waals surface area contributed by atoms with E-state index < -0.39 is 0 Å². The van der Waals surface area contributed by atoms with Crippen LogP contribution in [0.5, 0.6) is 5.75 Å². The molecule has 2 rings (SSSR count). The minimum atomic E-state index is -0.168. The lowest BCUT2D eigenvalue weighted by molar-refractivity contribution is -0.117. The van der Waals surface area contributed by atoms with E-state index in [2.05, 4.69) is 33.0 Å². The Morgan fingerprint density at radius 1 is 1.19 bits per heavy atom. The molecule has 1 aromatic rings. The minimum absolute atomic E-state index is 0.0312. The molecule has 27 heavy (non-hydrogen) atoms. The molecule has 1 aromatic carbocycles. The molecule has 1 N–H and O–H groups in total. The molecule has 3 amide bonds. The van der Waals surface area contributed by atoms with E-state index in [1.807, 2.05) is 36.1 Å². The average molecular weight is 376 g/mol. The van der Waals surface area contributed by atoms with Gasteiger partial charge in [-0.15, -0.1) is 0 Å². The van der Waals surface area contributed by atoms with Gasteiger partial charge < -0.3 is 19.9 Å². The number of anilines is 1. The first-order valence-electron chi connectivity index (χ1n) is 9.88. The quantitative estimate of drug-likeness (QED) is 0.756. The first-order valence-corrected chi connectivity index (χ1v) is 9.88. The summed E-state index contributed by atoms with van der Waals surface area (Å²) in [6, 6.07) is 7.26. The molecule has 1 fully saturated rings. The Labute approximate surface area is 162 Å². The lowest BCUT2D eigenvalue weighted by Gasteiger charge is -2.28. The third kappa shape index (κ3) is 6.15. The smallest absolute Gasteiger partial charge is 0.317 e. The molecule has 0 radical (unpaired) electrons. The number of hydrogen-bond acceptors (Lipinski definition) is 3. The molecular formula is C21H33N3O3. The second-order valence-corrected chi connectivity index (χ2v) is 7.97. The number of hydrogen-bond donors (Lipinski definition) is 1. The molecule has 6 heteroatoms. The number of ether oxygens (including phenoxy) is 1. The van der Waals surface area contributed by atoms with Gasteiger partial charge in [0.1, 0.15) is 5.75 Å². The Morgan fingerprint density at radius 3 is 2.30 bits per heavy atom. The second-order valence-electron chi connectivity index (χ2n) is 7.97. The topological polar surface area (TPSA) is 61.9 Å². The van der Waals surface area contributed by atoms with E-state index in [1.54, 1.807) is 4.90 Å². The van der Waals surface area contributed by atoms with E-state index in [0.717, 1.165) is 11.4 Å². The fraction of sp³-hybridized carbons (Fsp3) is 0.619. The number of carbonyl (C=O) groups is 2. The average Bonchev–Trinajstić information content (AvgIpc) is 2.94. The van der Waals surface area contributed by atoms with Gasteiger partial charge in [0.2, 0.25) is 5.91 Å². The third-order valence-corrected chi connectivity index (χ3v) is 4.37. The maximum absolute atomic E-state index is 12.7. The van der Waals surface area contributed by atoms with E-state index in [-0.39, 0.29) is 18.0 Å². The van der Waals surface area contributed by atoms with Gasteiger partial charge in [-0.25, -0.2) is 4.79 Å². The van der Waals surface area contributed by atoms with Gasteiger partial charge in [-0.1, -0.05) is 27.7 Å². The summed E-state index contributed by atoms with van der Waals surface area (Å²) in [4.78, 5) is 28.7. The predicted molar refractivity (Wildman–Crippen MR) is 108 cm³/mol. The monoisotopic (exact) mass is 375 g/mol. The summed E-state index contributed by atoms with van der Waals surface area (Å²) < 4.78 is 5.45. The molecule has 1 heterocycles. The van der Waals surface area contributed by atoms with Crippen molar-refractivity contribution in [1.82, 2.24) is 10.2 Å². The van der Waals surface area contributed by atoms with Crippen molar-refractivity contribution in [2.75, 3.05) is 31.1 Å². The fourth-order valence-electron chi connectivity index (χ4n) is 3.33. The predicted octanol–water partition coefficient (Wildman–Crippen LogP) is 3.51. The molecular weight excluding hydrogens is 342 g/mol. The molecule has 6 nitrogen and oxygen atoms in total. The highest BCUT2D eigenvalue weighted by molar-refractivity contribution is 5.96. The Bertz CT molecular complexity index is 618. The first-order chi connectivity index (χ1) is 12.8. The highest BCUT2D eigenvalue weighted by Crippen LogP contribution is 2.24. The van der Waals surface area contributed by atoms with Gasteiger partial charge in [0.05, 0.1) is 12.6 Å². The lowest BCUT2D eigenvalue weighted by atomic mass is 10.1. The van der Waals surface area contributed by atoms with Gasteiger partial charge in [-0.3, -0.25) is 4.79 Å². The van der Waals surface area contributed by atoms with E-state index >= 15 is 0 Å². The van der Waals surface area contributed by atoms with Crippen molar-refractivity contribution in [2.24, 2.45) is 11.8 Å². The molecule has 1 atom stereocenters. The van der Waals surface area contributed by atoms with Crippen LogP contribution < -0.4 is 15.0 Å². The summed E-state index contributed by atoms with van der Waals surface area (Å²) in [7, 11) is 0. The summed E-state index contributed by atoms with van der Waals surface area (Å²) in [6.07, 6.45) is 0.330. The Balaban J connectivity index is 1.98. The maximum atomic E-state index is 12.7. The summed E-state index contributed by atoms with van der Waals surface area (Å²) in [5.74, 6) is 1.62. The van der Waals surface area contributed by atoms with E-state index in [1.165, 1.54) is 0 Å². The molecule has 1 aliphatic heterocycles. The van der Waals surface area contributed by atoms with E-state index in [4.69, 9.17) is 4.74 Å². The summed E-state index contributed by atoms with van der Waals surface area (Å²) in [5, 5.41) is 3.05. The van der Waals surface area contributed by atoms with Crippen molar-refractivity contribution >= 4 is 17.6 Å². The molecule has 150 valence electrons. The maximum Gasteiger partial charge on any atom is 0.317 e. The van der Waals surface area contributed by atoms with Crippen LogP contribution in [0.3, 0.4) is 0 Å². The number of carbonyl (C=O) groups excluding carboxylic acids is 2. The van der Waals surface area contributed by atoms with Crippen molar-refractivity contribution < 1.29 is 14.3 Å². The minimum Gasteiger partial charge on any atom is -0.494 e. The fourth-order valence-corrected chi connectivity index (χ4v) is 3.33. The van der Waals surface area contributed by atoms with Crippen LogP contribution in [0.4, 0.5) is 10.5 Å². The van der Waals surface area contributed by atoms with Gasteiger partial charge in [-0.2, -0.15) is 0 Å². The van der Waals surface area contributed by atoms with E-state index in [9.17, 15) is 9.59 Å². The van der Waals surface area contributed by atoms with Crippen molar-refractivity contribution in [3.8, 4) is 5.75 Å². The summed E-state index contributed by atoms with van der Waals surface area (Å²) in [5.41, 5.74) is 0.835. The van der Waals surface area contributed by atoms with Crippen molar-refractivity contribution in [3.63, 3.8) is 0 Å². The largest absolute Gasteiger partial charge is 0.494 e. The van der Waals surface area contributed by atoms with Gasteiger partial charge in [0, 0.05) is 31.7 Å². The van der Waals surface area contributed by atoms with Crippen molar-refractivity contribution in [2.45, 2.75) is 47.1 Å². The normalized spacial score (nSPS) is 16.9. The number of urea groups is 1. The van der Waals surface area contributed by atoms with Gasteiger partial charge >= 0.3 is 6.03 Å². The standard InChI is InChI=1S/C21H33N3O3/c1-6-27-19-9-7-18(8-10-19)24-14-17(11-20(24)25)22-21(26)23(12-15(2)3)13-16(4)5/h7-10,15-17H,6,11-14H2,1-5H3,(H,22,26)/t17-/m0/s1. The zero-order chi connectivity index (χ0) is 20.0. The van der Waals surface area contributed by atoms with Crippen LogP contribution in [-0.4, -0.2) is 49.1 Å². The highest BCUT2D eigenvalue weighted by atomic mass is 16.5. The molecule has 0 spiro atoms. The molecule has 1 saturated heterocycles. The van der Waals surface area contributed by atoms with Crippen LogP contribution >= 0.6 is 0 Å². The number of benzene rings is 1. The summed E-state index contributed by atoms with van der Waals surface area (Å²) >= 11 is 0. The highest BCUT2D eigenvalue weighted by Gasteiger charge is 2.32. The number of rotatable bonds is 8. The SMILES string of the molecule is CCOc1ccc(N2C[C@@H](NC(=O)N(CC(C)C)CC(C)C)CC2=O)cc1. The molecule has 0 unspecified atom stereocenters. The second kappa shape index (κ2) is 9.62. The van der Waals surface area contributed by atoms with Crippen molar-refractivity contribution in [3.05, 3.63) is 24.3 Å². The van der Waals surface area contributed by atoms with Crippen LogP contribution in [0, 0.1) is 11.8 Å². The number of nitrogens with zero attached hydrogens (tertiary/aromatic N) is 2. The summed E-state index contributed by atoms with van der Waals surface area (Å²) in [6.45, 7) is 12.9. The van der Waals surface area contributed by atoms with Gasteiger partial charge in [0.25, 0.3) is 0 Å². The van der Waals surface area contributed by atoms with Crippen molar-refractivity contribution in [1.29, 1.82) is 0 Å². The van der Waals surface area contributed by atoms with Crippen LogP contribution in [0.2, 0.25) is 0 Å². The lowest BCUT2D eigenvalue weighted by Crippen LogP contribution is -2.48. The third-order valence-electron chi connectivity index (χ3n) is 4.37. The Hall–Kier alpha value is -2.24. The Kier molecular flexibility index (Phi) is 7.51. The van der Waals surface area contributed by atoms with Gasteiger partial charge in [0.15, 0.2) is 0 Å². The molecule has 0 aromatic heterocycles. The Morgan fingerprint density at radius 2 is 1.78 bits per heavy atom. The van der Waals surface area contributed by atoms with Crippen LogP contribution in [-0.2, 0) is 4.79 Å². The van der Waals surface area contributed by atoms with Gasteiger partial charge in [-0.05, 0) is 43.0 Å². The van der Waals surface area contributed by atoms with Crippen LogP contribution in [0.25, 0.3) is 0 Å². The zero-order valence-electron chi connectivity index (χ0n) is 17.2.